The molecule has 0 aliphatic carbocycles. The van der Waals surface area contributed by atoms with Crippen molar-refractivity contribution in [1.29, 1.82) is 0 Å². The summed E-state index contributed by atoms with van der Waals surface area (Å²) in [4.78, 5) is 24.4. The van der Waals surface area contributed by atoms with E-state index in [4.69, 9.17) is 16.3 Å². The van der Waals surface area contributed by atoms with Crippen LogP contribution >= 0.6 is 22.9 Å². The molecule has 32 heavy (non-hydrogen) atoms. The molecule has 0 saturated carbocycles. The van der Waals surface area contributed by atoms with Crippen molar-refractivity contribution in [3.63, 3.8) is 0 Å². The molecule has 3 rings (SSSR count). The number of carbonyl (C=O) groups is 2. The van der Waals surface area contributed by atoms with Gasteiger partial charge in [0.05, 0.1) is 23.0 Å². The minimum Gasteiger partial charge on any atom is -0.494 e. The number of halogens is 1. The number of ketones is 1. The number of anilines is 2. The van der Waals surface area contributed by atoms with Gasteiger partial charge in [-0.15, -0.1) is 11.3 Å². The van der Waals surface area contributed by atoms with E-state index in [1.54, 1.807) is 30.3 Å². The summed E-state index contributed by atoms with van der Waals surface area (Å²) < 4.78 is 33.0. The second-order valence-corrected chi connectivity index (χ2v) is 9.98. The van der Waals surface area contributed by atoms with E-state index in [-0.39, 0.29) is 26.3 Å². The van der Waals surface area contributed by atoms with Crippen LogP contribution in [0.1, 0.15) is 33.9 Å². The van der Waals surface area contributed by atoms with Crippen LogP contribution in [-0.4, -0.2) is 33.8 Å². The molecule has 0 atom stereocenters. The first-order valence-electron chi connectivity index (χ1n) is 9.56. The van der Waals surface area contributed by atoms with Crippen LogP contribution in [0.2, 0.25) is 5.02 Å². The molecular formula is C22H21ClN2O5S2. The van der Waals surface area contributed by atoms with E-state index >= 15 is 0 Å². The van der Waals surface area contributed by atoms with Crippen molar-refractivity contribution in [3.8, 4) is 5.75 Å². The van der Waals surface area contributed by atoms with Crippen molar-refractivity contribution in [2.75, 3.05) is 23.3 Å². The molecule has 1 aromatic heterocycles. The highest BCUT2D eigenvalue weighted by molar-refractivity contribution is 7.93. The number of amides is 1. The number of sulfonamides is 1. The summed E-state index contributed by atoms with van der Waals surface area (Å²) in [6.45, 7) is 3.76. The van der Waals surface area contributed by atoms with Gasteiger partial charge in [0.25, 0.3) is 15.9 Å². The van der Waals surface area contributed by atoms with Crippen molar-refractivity contribution in [1.82, 2.24) is 0 Å². The Morgan fingerprint density at radius 1 is 1.12 bits per heavy atom. The van der Waals surface area contributed by atoms with Crippen LogP contribution in [0.4, 0.5) is 11.4 Å². The number of nitrogens with one attached hydrogen (secondary N) is 1. The lowest BCUT2D eigenvalue weighted by molar-refractivity contribution is 0.101. The Balaban J connectivity index is 1.89. The van der Waals surface area contributed by atoms with Gasteiger partial charge in [-0.1, -0.05) is 11.6 Å². The van der Waals surface area contributed by atoms with Gasteiger partial charge in [0, 0.05) is 12.6 Å². The van der Waals surface area contributed by atoms with Gasteiger partial charge in [-0.2, -0.15) is 0 Å². The minimum absolute atomic E-state index is 0.00656. The smallest absolute Gasteiger partial charge is 0.267 e. The maximum atomic E-state index is 13.2. The highest BCUT2D eigenvalue weighted by Crippen LogP contribution is 2.31. The fourth-order valence-electron chi connectivity index (χ4n) is 2.89. The van der Waals surface area contributed by atoms with Crippen molar-refractivity contribution in [3.05, 3.63) is 69.4 Å². The molecule has 1 amide bonds. The van der Waals surface area contributed by atoms with Crippen molar-refractivity contribution in [2.24, 2.45) is 0 Å². The standard InChI is InChI=1S/C22H21ClN2O5S2/c1-4-30-17-8-6-16(7-9-17)25(3)32(28,29)20-11-12-31-21(20)22(27)24-19-13-15(14(2)26)5-10-18(19)23/h5-13H,4H2,1-3H3,(H,24,27). The van der Waals surface area contributed by atoms with E-state index < -0.39 is 15.9 Å². The van der Waals surface area contributed by atoms with E-state index in [2.05, 4.69) is 5.32 Å². The number of nitrogens with zero attached hydrogens (tertiary/aromatic N) is 1. The van der Waals surface area contributed by atoms with Crippen molar-refractivity contribution >= 4 is 56.0 Å². The van der Waals surface area contributed by atoms with Crippen LogP contribution in [0.15, 0.2) is 58.8 Å². The lowest BCUT2D eigenvalue weighted by Gasteiger charge is -2.20. The van der Waals surface area contributed by atoms with E-state index in [9.17, 15) is 18.0 Å². The predicted molar refractivity (Wildman–Crippen MR) is 127 cm³/mol. The first-order valence-corrected chi connectivity index (χ1v) is 12.3. The summed E-state index contributed by atoms with van der Waals surface area (Å²) in [7, 11) is -2.60. The number of hydrogen-bond acceptors (Lipinski definition) is 6. The van der Waals surface area contributed by atoms with Crippen molar-refractivity contribution < 1.29 is 22.7 Å². The van der Waals surface area contributed by atoms with Gasteiger partial charge in [-0.05, 0) is 67.8 Å². The number of thiophene rings is 1. The summed E-state index contributed by atoms with van der Waals surface area (Å²) in [5.74, 6) is -0.197. The number of ether oxygens (including phenoxy) is 1. The van der Waals surface area contributed by atoms with Gasteiger partial charge in [0.1, 0.15) is 15.5 Å². The molecule has 0 fully saturated rings. The minimum atomic E-state index is -4.02. The predicted octanol–water partition coefficient (Wildman–Crippen LogP) is 5.08. The maximum Gasteiger partial charge on any atom is 0.267 e. The highest BCUT2D eigenvalue weighted by atomic mass is 35.5. The van der Waals surface area contributed by atoms with Gasteiger partial charge in [0.15, 0.2) is 5.78 Å². The molecule has 3 aromatic rings. The molecule has 168 valence electrons. The second kappa shape index (κ2) is 9.72. The average molecular weight is 493 g/mol. The molecule has 1 heterocycles. The van der Waals surface area contributed by atoms with Gasteiger partial charge in [0.2, 0.25) is 0 Å². The Hall–Kier alpha value is -2.88. The SMILES string of the molecule is CCOc1ccc(N(C)S(=O)(=O)c2ccsc2C(=O)Nc2cc(C(C)=O)ccc2Cl)cc1. The van der Waals surface area contributed by atoms with E-state index in [0.29, 0.717) is 23.6 Å². The van der Waals surface area contributed by atoms with Crippen LogP contribution < -0.4 is 14.4 Å². The highest BCUT2D eigenvalue weighted by Gasteiger charge is 2.28. The molecular weight excluding hydrogens is 472 g/mol. The van der Waals surface area contributed by atoms with Crippen LogP contribution in [0.5, 0.6) is 5.75 Å². The molecule has 1 N–H and O–H groups in total. The lowest BCUT2D eigenvalue weighted by atomic mass is 10.1. The normalized spacial score (nSPS) is 11.1. The zero-order chi connectivity index (χ0) is 23.5. The summed E-state index contributed by atoms with van der Waals surface area (Å²) in [5.41, 5.74) is 1.02. The van der Waals surface area contributed by atoms with E-state index in [1.807, 2.05) is 6.92 Å². The Morgan fingerprint density at radius 2 is 1.81 bits per heavy atom. The Labute approximate surface area is 195 Å². The van der Waals surface area contributed by atoms with Gasteiger partial charge in [-0.25, -0.2) is 8.42 Å². The molecule has 0 saturated heterocycles. The first kappa shape index (κ1) is 23.8. The third kappa shape index (κ3) is 4.95. The molecule has 0 bridgehead atoms. The molecule has 0 unspecified atom stereocenters. The zero-order valence-corrected chi connectivity index (χ0v) is 20.0. The number of carbonyl (C=O) groups excluding carboxylic acids is 2. The van der Waals surface area contributed by atoms with Crippen LogP contribution in [0.3, 0.4) is 0 Å². The maximum absolute atomic E-state index is 13.2. The number of benzene rings is 2. The number of hydrogen-bond donors (Lipinski definition) is 1. The quantitative estimate of drug-likeness (QED) is 0.442. The summed E-state index contributed by atoms with van der Waals surface area (Å²) in [6.07, 6.45) is 0. The molecule has 0 aliphatic heterocycles. The van der Waals surface area contributed by atoms with Gasteiger partial charge < -0.3 is 10.1 Å². The largest absolute Gasteiger partial charge is 0.494 e. The Morgan fingerprint density at radius 3 is 2.44 bits per heavy atom. The third-order valence-electron chi connectivity index (χ3n) is 4.61. The monoisotopic (exact) mass is 492 g/mol. The summed E-state index contributed by atoms with van der Waals surface area (Å²) in [6, 6.07) is 12.5. The molecule has 10 heteroatoms. The van der Waals surface area contributed by atoms with Gasteiger partial charge in [-0.3, -0.25) is 13.9 Å². The van der Waals surface area contributed by atoms with Crippen molar-refractivity contribution in [2.45, 2.75) is 18.7 Å². The number of Topliss-reactive ketones (excluding diaryl/α,β-unsaturated/α-hetero) is 1. The molecule has 2 aromatic carbocycles. The fourth-order valence-corrected chi connectivity index (χ4v) is 5.55. The average Bonchev–Trinajstić information content (AvgIpc) is 3.26. The molecule has 0 spiro atoms. The summed E-state index contributed by atoms with van der Waals surface area (Å²) >= 11 is 7.14. The summed E-state index contributed by atoms with van der Waals surface area (Å²) in [5, 5.41) is 4.37. The topological polar surface area (TPSA) is 92.8 Å². The van der Waals surface area contributed by atoms with Crippen LogP contribution in [0.25, 0.3) is 0 Å². The Kier molecular flexibility index (Phi) is 7.22. The first-order chi connectivity index (χ1) is 15.1. The van der Waals surface area contributed by atoms with Gasteiger partial charge >= 0.3 is 0 Å². The zero-order valence-electron chi connectivity index (χ0n) is 17.6. The third-order valence-corrected chi connectivity index (χ3v) is 7.81. The molecule has 0 aliphatic rings. The molecule has 7 nitrogen and oxygen atoms in total. The van der Waals surface area contributed by atoms with E-state index in [0.717, 1.165) is 15.6 Å². The second-order valence-electron chi connectivity index (χ2n) is 6.72. The molecule has 0 radical (unpaired) electrons. The van der Waals surface area contributed by atoms with E-state index in [1.165, 1.54) is 37.6 Å². The lowest BCUT2D eigenvalue weighted by Crippen LogP contribution is -2.28. The fraction of sp³-hybridized carbons (Fsp3) is 0.182. The van der Waals surface area contributed by atoms with Crippen LogP contribution in [-0.2, 0) is 10.0 Å². The number of rotatable bonds is 8. The van der Waals surface area contributed by atoms with Crippen LogP contribution in [0, 0.1) is 0 Å². The Bertz CT molecular complexity index is 1250.